The highest BCUT2D eigenvalue weighted by molar-refractivity contribution is 6.09. The maximum atomic E-state index is 11.9. The molecule has 5 N–H and O–H groups in total. The van der Waals surface area contributed by atoms with Crippen molar-refractivity contribution in [3.8, 4) is 0 Å². The number of carbonyl (C=O) groups excluding carboxylic acids is 1. The average molecular weight is 227 g/mol. The van der Waals surface area contributed by atoms with Gasteiger partial charge in [-0.2, -0.15) is 0 Å². The van der Waals surface area contributed by atoms with Crippen molar-refractivity contribution in [3.05, 3.63) is 54.1 Å². The Kier molecular flexibility index (Phi) is 2.96. The minimum atomic E-state index is -0.263. The zero-order valence-corrected chi connectivity index (χ0v) is 9.18. The Labute approximate surface area is 99.2 Å². The highest BCUT2D eigenvalue weighted by Gasteiger charge is 2.10. The van der Waals surface area contributed by atoms with E-state index >= 15 is 0 Å². The molecule has 0 saturated carbocycles. The topological polar surface area (TPSA) is 81.1 Å². The molecule has 0 bridgehead atoms. The van der Waals surface area contributed by atoms with E-state index in [1.54, 1.807) is 30.3 Å². The molecule has 0 fully saturated rings. The smallest absolute Gasteiger partial charge is 0.257 e. The van der Waals surface area contributed by atoms with E-state index in [2.05, 4.69) is 5.32 Å². The molecule has 2 aromatic rings. The summed E-state index contributed by atoms with van der Waals surface area (Å²) in [7, 11) is 0. The molecule has 0 aromatic heterocycles. The molecule has 0 atom stereocenters. The highest BCUT2D eigenvalue weighted by atomic mass is 16.1. The third kappa shape index (κ3) is 2.36. The van der Waals surface area contributed by atoms with Gasteiger partial charge in [0, 0.05) is 5.69 Å². The first-order valence-corrected chi connectivity index (χ1v) is 5.19. The van der Waals surface area contributed by atoms with Gasteiger partial charge in [-0.15, -0.1) is 0 Å². The van der Waals surface area contributed by atoms with Gasteiger partial charge in [0.15, 0.2) is 0 Å². The van der Waals surface area contributed by atoms with Crippen LogP contribution in [0.1, 0.15) is 10.4 Å². The van der Waals surface area contributed by atoms with Crippen molar-refractivity contribution in [2.75, 3.05) is 16.8 Å². The number of anilines is 3. The van der Waals surface area contributed by atoms with E-state index in [-0.39, 0.29) is 5.91 Å². The van der Waals surface area contributed by atoms with Gasteiger partial charge in [0.2, 0.25) is 0 Å². The molecule has 0 aliphatic rings. The Morgan fingerprint density at radius 2 is 1.65 bits per heavy atom. The number of nitrogens with one attached hydrogen (secondary N) is 1. The molecule has 0 aliphatic carbocycles. The lowest BCUT2D eigenvalue weighted by molar-refractivity contribution is 0.102. The van der Waals surface area contributed by atoms with Crippen molar-refractivity contribution >= 4 is 23.0 Å². The number of hydrogen-bond acceptors (Lipinski definition) is 3. The predicted molar refractivity (Wildman–Crippen MR) is 69.7 cm³/mol. The van der Waals surface area contributed by atoms with Crippen molar-refractivity contribution in [1.29, 1.82) is 0 Å². The third-order valence-corrected chi connectivity index (χ3v) is 2.42. The predicted octanol–water partition coefficient (Wildman–Crippen LogP) is 2.10. The summed E-state index contributed by atoms with van der Waals surface area (Å²) in [6, 6.07) is 14.2. The molecule has 17 heavy (non-hydrogen) atoms. The van der Waals surface area contributed by atoms with Crippen LogP contribution in [0.5, 0.6) is 0 Å². The van der Waals surface area contributed by atoms with E-state index in [1.807, 2.05) is 18.2 Å². The second-order valence-electron chi connectivity index (χ2n) is 3.63. The fourth-order valence-electron chi connectivity index (χ4n) is 1.50. The van der Waals surface area contributed by atoms with Crippen LogP contribution >= 0.6 is 0 Å². The summed E-state index contributed by atoms with van der Waals surface area (Å²) >= 11 is 0. The number of carbonyl (C=O) groups is 1. The molecule has 2 aromatic carbocycles. The van der Waals surface area contributed by atoms with E-state index in [0.29, 0.717) is 16.9 Å². The van der Waals surface area contributed by atoms with Crippen molar-refractivity contribution in [2.45, 2.75) is 0 Å². The number of para-hydroxylation sites is 2. The van der Waals surface area contributed by atoms with Gasteiger partial charge in [-0.1, -0.05) is 24.3 Å². The molecule has 4 nitrogen and oxygen atoms in total. The minimum absolute atomic E-state index is 0.263. The summed E-state index contributed by atoms with van der Waals surface area (Å²) in [6.45, 7) is 0. The fraction of sp³-hybridized carbons (Fsp3) is 0. The minimum Gasteiger partial charge on any atom is -0.397 e. The van der Waals surface area contributed by atoms with Crippen LogP contribution in [0.15, 0.2) is 48.5 Å². The lowest BCUT2D eigenvalue weighted by atomic mass is 10.1. The Morgan fingerprint density at radius 1 is 0.941 bits per heavy atom. The first kappa shape index (κ1) is 11.0. The number of benzene rings is 2. The van der Waals surface area contributed by atoms with Gasteiger partial charge >= 0.3 is 0 Å². The molecule has 0 unspecified atom stereocenters. The molecule has 1 amide bonds. The maximum Gasteiger partial charge on any atom is 0.257 e. The third-order valence-electron chi connectivity index (χ3n) is 2.42. The summed E-state index contributed by atoms with van der Waals surface area (Å²) in [4.78, 5) is 11.9. The van der Waals surface area contributed by atoms with Crippen LogP contribution in [0.2, 0.25) is 0 Å². The number of amides is 1. The highest BCUT2D eigenvalue weighted by Crippen LogP contribution is 2.20. The normalized spacial score (nSPS) is 9.88. The zero-order valence-electron chi connectivity index (χ0n) is 9.18. The van der Waals surface area contributed by atoms with Crippen LogP contribution in [0.25, 0.3) is 0 Å². The van der Waals surface area contributed by atoms with Crippen LogP contribution in [-0.2, 0) is 0 Å². The molecule has 0 aliphatic heterocycles. The summed E-state index contributed by atoms with van der Waals surface area (Å²) in [5, 5.41) is 2.75. The summed E-state index contributed by atoms with van der Waals surface area (Å²) in [5.41, 5.74) is 13.2. The largest absolute Gasteiger partial charge is 0.397 e. The number of nitrogens with two attached hydrogens (primary N) is 2. The first-order chi connectivity index (χ1) is 8.18. The van der Waals surface area contributed by atoms with Crippen LogP contribution in [0.4, 0.5) is 17.1 Å². The summed E-state index contributed by atoms with van der Waals surface area (Å²) in [6.07, 6.45) is 0. The lowest BCUT2D eigenvalue weighted by Gasteiger charge is -2.08. The van der Waals surface area contributed by atoms with Gasteiger partial charge in [0.05, 0.1) is 16.9 Å². The summed E-state index contributed by atoms with van der Waals surface area (Å²) in [5.74, 6) is -0.263. The molecule has 2 rings (SSSR count). The van der Waals surface area contributed by atoms with Crippen molar-refractivity contribution in [1.82, 2.24) is 0 Å². The van der Waals surface area contributed by atoms with Crippen molar-refractivity contribution < 1.29 is 4.79 Å². The van der Waals surface area contributed by atoms with Crippen molar-refractivity contribution in [3.63, 3.8) is 0 Å². The van der Waals surface area contributed by atoms with Crippen LogP contribution in [0, 0.1) is 0 Å². The lowest BCUT2D eigenvalue weighted by Crippen LogP contribution is -2.14. The molecule has 4 heteroatoms. The van der Waals surface area contributed by atoms with Gasteiger partial charge in [0.25, 0.3) is 5.91 Å². The van der Waals surface area contributed by atoms with Gasteiger partial charge in [-0.05, 0) is 24.3 Å². The average Bonchev–Trinajstić information content (AvgIpc) is 2.34. The molecule has 0 radical (unpaired) electrons. The Morgan fingerprint density at radius 3 is 2.35 bits per heavy atom. The Bertz CT molecular complexity index is 538. The standard InChI is InChI=1S/C13H13N3O/c14-11-8-4-7-10(12(11)15)13(17)16-9-5-2-1-3-6-9/h1-8H,14-15H2,(H,16,17). The maximum absolute atomic E-state index is 11.9. The Hall–Kier alpha value is -2.49. The van der Waals surface area contributed by atoms with Gasteiger partial charge in [0.1, 0.15) is 0 Å². The molecular formula is C13H13N3O. The fourth-order valence-corrected chi connectivity index (χ4v) is 1.50. The van der Waals surface area contributed by atoms with Gasteiger partial charge in [-0.3, -0.25) is 4.79 Å². The molecule has 86 valence electrons. The van der Waals surface area contributed by atoms with Crippen LogP contribution in [0.3, 0.4) is 0 Å². The molecule has 0 saturated heterocycles. The molecule has 0 spiro atoms. The van der Waals surface area contributed by atoms with Crippen LogP contribution < -0.4 is 16.8 Å². The van der Waals surface area contributed by atoms with E-state index in [0.717, 1.165) is 5.69 Å². The van der Waals surface area contributed by atoms with E-state index in [4.69, 9.17) is 11.5 Å². The number of hydrogen-bond donors (Lipinski definition) is 3. The summed E-state index contributed by atoms with van der Waals surface area (Å²) < 4.78 is 0. The SMILES string of the molecule is Nc1cccc(C(=O)Nc2ccccc2)c1N. The quantitative estimate of drug-likeness (QED) is 0.687. The second kappa shape index (κ2) is 4.57. The zero-order chi connectivity index (χ0) is 12.3. The number of rotatable bonds is 2. The molecular weight excluding hydrogens is 214 g/mol. The van der Waals surface area contributed by atoms with Gasteiger partial charge < -0.3 is 16.8 Å². The second-order valence-corrected chi connectivity index (χ2v) is 3.63. The number of nitrogen functional groups attached to an aromatic ring is 2. The van der Waals surface area contributed by atoms with Crippen molar-refractivity contribution in [2.24, 2.45) is 0 Å². The van der Waals surface area contributed by atoms with Gasteiger partial charge in [-0.25, -0.2) is 0 Å². The molecule has 0 heterocycles. The first-order valence-electron chi connectivity index (χ1n) is 5.19. The van der Waals surface area contributed by atoms with Crippen LogP contribution in [-0.4, -0.2) is 5.91 Å². The van der Waals surface area contributed by atoms with E-state index in [1.165, 1.54) is 0 Å². The Balaban J connectivity index is 2.24. The van der Waals surface area contributed by atoms with E-state index in [9.17, 15) is 4.79 Å². The monoisotopic (exact) mass is 227 g/mol. The van der Waals surface area contributed by atoms with E-state index < -0.39 is 0 Å².